The molecule has 0 spiro atoms. The smallest absolute Gasteiger partial charge is 0.109 e. The van der Waals surface area contributed by atoms with Crippen LogP contribution < -0.4 is 0 Å². The number of aliphatic hydroxyl groups excluding tert-OH is 2. The molecule has 1 aromatic rings. The van der Waals surface area contributed by atoms with Crippen LogP contribution in [0.5, 0.6) is 0 Å². The summed E-state index contributed by atoms with van der Waals surface area (Å²) >= 11 is 0. The van der Waals surface area contributed by atoms with Crippen LogP contribution in [-0.2, 0) is 0 Å². The Hall–Kier alpha value is -1.12. The van der Waals surface area contributed by atoms with Crippen LogP contribution in [0.25, 0.3) is 6.08 Å². The van der Waals surface area contributed by atoms with E-state index in [-0.39, 0.29) is 0 Å². The summed E-state index contributed by atoms with van der Waals surface area (Å²) in [6, 6.07) is 5.91. The molecule has 0 aromatic heterocycles. The topological polar surface area (TPSA) is 40.5 Å². The molecule has 2 unspecified atom stereocenters. The molecule has 0 saturated heterocycles. The maximum absolute atomic E-state index is 9.83. The average Bonchev–Trinajstić information content (AvgIpc) is 2.16. The molecule has 0 amide bonds. The molecule has 2 heteroatoms. The van der Waals surface area contributed by atoms with E-state index >= 15 is 0 Å². The molecule has 0 bridgehead atoms. The van der Waals surface area contributed by atoms with Crippen LogP contribution in [0.2, 0.25) is 0 Å². The average molecular weight is 190 g/mol. The van der Waals surface area contributed by atoms with Gasteiger partial charge >= 0.3 is 0 Å². The van der Waals surface area contributed by atoms with Gasteiger partial charge in [0, 0.05) is 0 Å². The Bertz CT molecular complexity index is 393. The molecule has 2 nitrogen and oxygen atoms in total. The third-order valence-corrected chi connectivity index (χ3v) is 2.71. The minimum Gasteiger partial charge on any atom is -0.386 e. The van der Waals surface area contributed by atoms with Crippen molar-refractivity contribution >= 4 is 6.08 Å². The highest BCUT2D eigenvalue weighted by Gasteiger charge is 2.25. The van der Waals surface area contributed by atoms with Crippen molar-refractivity contribution in [2.24, 2.45) is 0 Å². The molecule has 2 N–H and O–H groups in total. The van der Waals surface area contributed by atoms with Gasteiger partial charge in [0.1, 0.15) is 12.2 Å². The molecular formula is C12H14O2. The van der Waals surface area contributed by atoms with E-state index in [2.05, 4.69) is 0 Å². The summed E-state index contributed by atoms with van der Waals surface area (Å²) in [6.45, 7) is 3.81. The van der Waals surface area contributed by atoms with Crippen molar-refractivity contribution in [3.05, 3.63) is 40.5 Å². The number of hydrogen-bond acceptors (Lipinski definition) is 2. The van der Waals surface area contributed by atoms with Gasteiger partial charge in [-0.3, -0.25) is 0 Å². The van der Waals surface area contributed by atoms with E-state index < -0.39 is 12.2 Å². The van der Waals surface area contributed by atoms with Crippen LogP contribution in [0.1, 0.15) is 29.7 Å². The maximum atomic E-state index is 9.83. The predicted octanol–water partition coefficient (Wildman–Crippen LogP) is 1.81. The first kappa shape index (κ1) is 9.44. The summed E-state index contributed by atoms with van der Waals surface area (Å²) in [6.07, 6.45) is 0.380. The summed E-state index contributed by atoms with van der Waals surface area (Å²) in [5.74, 6) is 0. The van der Waals surface area contributed by atoms with Gasteiger partial charge in [0.15, 0.2) is 0 Å². The van der Waals surface area contributed by atoms with E-state index in [4.69, 9.17) is 0 Å². The highest BCUT2D eigenvalue weighted by molar-refractivity contribution is 5.62. The third-order valence-electron chi connectivity index (χ3n) is 2.71. The molecule has 74 valence electrons. The Morgan fingerprint density at radius 3 is 2.50 bits per heavy atom. The first-order valence-electron chi connectivity index (χ1n) is 4.74. The summed E-state index contributed by atoms with van der Waals surface area (Å²) in [5.41, 5.74) is 3.74. The largest absolute Gasteiger partial charge is 0.386 e. The highest BCUT2D eigenvalue weighted by Crippen LogP contribution is 2.32. The zero-order chi connectivity index (χ0) is 10.3. The Morgan fingerprint density at radius 2 is 1.79 bits per heavy atom. The molecule has 1 aliphatic carbocycles. The van der Waals surface area contributed by atoms with E-state index in [1.54, 1.807) is 0 Å². The van der Waals surface area contributed by atoms with Gasteiger partial charge in [0.2, 0.25) is 0 Å². The second-order valence-electron chi connectivity index (χ2n) is 3.91. The monoisotopic (exact) mass is 190 g/mol. The molecule has 1 aromatic carbocycles. The highest BCUT2D eigenvalue weighted by atomic mass is 16.3. The van der Waals surface area contributed by atoms with Crippen LogP contribution >= 0.6 is 0 Å². The van der Waals surface area contributed by atoms with Crippen molar-refractivity contribution in [1.29, 1.82) is 0 Å². The minimum atomic E-state index is -0.783. The molecule has 0 aliphatic heterocycles. The van der Waals surface area contributed by atoms with Gasteiger partial charge in [0.05, 0.1) is 0 Å². The lowest BCUT2D eigenvalue weighted by Gasteiger charge is -2.25. The fraction of sp³-hybridized carbons (Fsp3) is 0.333. The summed E-state index contributed by atoms with van der Waals surface area (Å²) < 4.78 is 0. The Morgan fingerprint density at radius 1 is 1.07 bits per heavy atom. The molecule has 1 aliphatic rings. The second kappa shape index (κ2) is 3.23. The van der Waals surface area contributed by atoms with Crippen LogP contribution in [0.3, 0.4) is 0 Å². The minimum absolute atomic E-state index is 0.760. The lowest BCUT2D eigenvalue weighted by atomic mass is 9.87. The van der Waals surface area contributed by atoms with Crippen LogP contribution in [0.4, 0.5) is 0 Å². The molecule has 2 atom stereocenters. The van der Waals surface area contributed by atoms with E-state index in [1.165, 1.54) is 0 Å². The molecule has 0 fully saturated rings. The van der Waals surface area contributed by atoms with Crippen molar-refractivity contribution in [3.63, 3.8) is 0 Å². The number of aryl methyl sites for hydroxylation is 1. The van der Waals surface area contributed by atoms with Gasteiger partial charge < -0.3 is 10.2 Å². The summed E-state index contributed by atoms with van der Waals surface area (Å²) in [4.78, 5) is 0. The van der Waals surface area contributed by atoms with Crippen molar-refractivity contribution in [2.45, 2.75) is 26.1 Å². The summed E-state index contributed by atoms with van der Waals surface area (Å²) in [7, 11) is 0. The second-order valence-corrected chi connectivity index (χ2v) is 3.91. The quantitative estimate of drug-likeness (QED) is 0.655. The number of benzene rings is 1. The van der Waals surface area contributed by atoms with Crippen molar-refractivity contribution in [3.8, 4) is 0 Å². The molecule has 14 heavy (non-hydrogen) atoms. The van der Waals surface area contributed by atoms with Crippen molar-refractivity contribution in [2.75, 3.05) is 0 Å². The Kier molecular flexibility index (Phi) is 2.17. The molecule has 0 saturated carbocycles. The normalized spacial score (nSPS) is 25.6. The fourth-order valence-corrected chi connectivity index (χ4v) is 1.83. The molecule has 2 rings (SSSR count). The Balaban J connectivity index is 2.58. The van der Waals surface area contributed by atoms with Gasteiger partial charge in [-0.05, 0) is 30.5 Å². The first-order valence-corrected chi connectivity index (χ1v) is 4.74. The van der Waals surface area contributed by atoms with Gasteiger partial charge in [0.25, 0.3) is 0 Å². The Labute approximate surface area is 83.5 Å². The van der Waals surface area contributed by atoms with Crippen LogP contribution in [0.15, 0.2) is 23.8 Å². The zero-order valence-corrected chi connectivity index (χ0v) is 8.36. The van der Waals surface area contributed by atoms with Gasteiger partial charge in [-0.15, -0.1) is 0 Å². The predicted molar refractivity (Wildman–Crippen MR) is 55.8 cm³/mol. The van der Waals surface area contributed by atoms with Crippen molar-refractivity contribution in [1.82, 2.24) is 0 Å². The lowest BCUT2D eigenvalue weighted by molar-refractivity contribution is 0.0399. The molecule has 0 radical (unpaired) electrons. The number of aliphatic hydroxyl groups is 2. The molecule has 0 heterocycles. The van der Waals surface area contributed by atoms with E-state index in [0.29, 0.717) is 0 Å². The molecular weight excluding hydrogens is 176 g/mol. The number of fused-ring (bicyclic) bond motifs is 1. The van der Waals surface area contributed by atoms with Crippen LogP contribution in [-0.4, -0.2) is 16.3 Å². The van der Waals surface area contributed by atoms with Crippen molar-refractivity contribution < 1.29 is 10.2 Å². The van der Waals surface area contributed by atoms with E-state index in [0.717, 1.165) is 22.3 Å². The maximum Gasteiger partial charge on any atom is 0.109 e. The first-order chi connectivity index (χ1) is 6.59. The summed E-state index contributed by atoms with van der Waals surface area (Å²) in [5, 5.41) is 19.5. The van der Waals surface area contributed by atoms with E-state index in [9.17, 15) is 10.2 Å². The standard InChI is InChI=1S/C12H14O2/c1-7-3-4-9-6-8(2)11(13)12(14)10(9)5-7/h3-6,11-14H,1-2H3. The SMILES string of the molecule is CC1=Cc2ccc(C)cc2C(O)C1O. The zero-order valence-electron chi connectivity index (χ0n) is 8.36. The van der Waals surface area contributed by atoms with Gasteiger partial charge in [-0.25, -0.2) is 0 Å². The lowest BCUT2D eigenvalue weighted by Crippen LogP contribution is -2.23. The van der Waals surface area contributed by atoms with Crippen LogP contribution in [0, 0.1) is 6.92 Å². The van der Waals surface area contributed by atoms with Gasteiger partial charge in [-0.2, -0.15) is 0 Å². The van der Waals surface area contributed by atoms with Gasteiger partial charge in [-0.1, -0.05) is 29.8 Å². The number of rotatable bonds is 0. The van der Waals surface area contributed by atoms with E-state index in [1.807, 2.05) is 38.1 Å². The number of hydrogen-bond donors (Lipinski definition) is 2. The fourth-order valence-electron chi connectivity index (χ4n) is 1.83. The third kappa shape index (κ3) is 1.37.